The fourth-order valence-electron chi connectivity index (χ4n) is 1.52. The first kappa shape index (κ1) is 12.0. The Morgan fingerprint density at radius 1 is 1.62 bits per heavy atom. The standard InChI is InChI=1S/C11H12ClNOS2/c1-7(12)5-13-11(14)10-4-8-6-15-3-2-9(8)16-10/h4H,1-3,5-6H2,(H,13,14). The molecule has 0 spiro atoms. The van der Waals surface area contributed by atoms with Crippen molar-refractivity contribution in [1.82, 2.24) is 5.32 Å². The number of fused-ring (bicyclic) bond motifs is 1. The van der Waals surface area contributed by atoms with Crippen molar-refractivity contribution in [3.05, 3.63) is 33.0 Å². The van der Waals surface area contributed by atoms with Crippen LogP contribution in [0.3, 0.4) is 0 Å². The van der Waals surface area contributed by atoms with Crippen molar-refractivity contribution in [1.29, 1.82) is 0 Å². The van der Waals surface area contributed by atoms with Gasteiger partial charge in [0.05, 0.1) is 11.4 Å². The van der Waals surface area contributed by atoms with Gasteiger partial charge < -0.3 is 5.32 Å². The molecule has 0 radical (unpaired) electrons. The monoisotopic (exact) mass is 273 g/mol. The molecule has 2 heterocycles. The molecule has 0 aromatic carbocycles. The molecule has 0 unspecified atom stereocenters. The van der Waals surface area contributed by atoms with Crippen molar-refractivity contribution in [2.24, 2.45) is 0 Å². The van der Waals surface area contributed by atoms with Gasteiger partial charge in [-0.1, -0.05) is 18.2 Å². The highest BCUT2D eigenvalue weighted by molar-refractivity contribution is 7.98. The summed E-state index contributed by atoms with van der Waals surface area (Å²) in [6, 6.07) is 2.00. The summed E-state index contributed by atoms with van der Waals surface area (Å²) in [6.45, 7) is 3.87. The van der Waals surface area contributed by atoms with Gasteiger partial charge in [-0.2, -0.15) is 11.8 Å². The molecule has 1 amide bonds. The highest BCUT2D eigenvalue weighted by atomic mass is 35.5. The van der Waals surface area contributed by atoms with Gasteiger partial charge in [0.1, 0.15) is 0 Å². The van der Waals surface area contributed by atoms with Crippen LogP contribution in [0.25, 0.3) is 0 Å². The zero-order valence-electron chi connectivity index (χ0n) is 8.72. The summed E-state index contributed by atoms with van der Waals surface area (Å²) in [6.07, 6.45) is 1.08. The number of carbonyl (C=O) groups excluding carboxylic acids is 1. The van der Waals surface area contributed by atoms with Crippen molar-refractivity contribution in [3.8, 4) is 0 Å². The van der Waals surface area contributed by atoms with Crippen LogP contribution in [-0.2, 0) is 12.2 Å². The molecule has 2 rings (SSSR count). The summed E-state index contributed by atoms with van der Waals surface area (Å²) >= 11 is 9.12. The summed E-state index contributed by atoms with van der Waals surface area (Å²) in [5.41, 5.74) is 1.32. The Balaban J connectivity index is 2.06. The number of rotatable bonds is 3. The maximum absolute atomic E-state index is 11.8. The molecular weight excluding hydrogens is 262 g/mol. The lowest BCUT2D eigenvalue weighted by molar-refractivity contribution is 0.0961. The van der Waals surface area contributed by atoms with Crippen molar-refractivity contribution < 1.29 is 4.79 Å². The molecule has 86 valence electrons. The number of nitrogens with one attached hydrogen (secondary N) is 1. The first-order valence-corrected chi connectivity index (χ1v) is 7.32. The van der Waals surface area contributed by atoms with Crippen LogP contribution in [0.15, 0.2) is 17.7 Å². The minimum Gasteiger partial charge on any atom is -0.346 e. The molecule has 0 aliphatic carbocycles. The maximum Gasteiger partial charge on any atom is 0.261 e. The van der Waals surface area contributed by atoms with Gasteiger partial charge in [-0.15, -0.1) is 11.3 Å². The second-order valence-corrected chi connectivity index (χ2v) is 6.34. The van der Waals surface area contributed by atoms with Gasteiger partial charge in [-0.3, -0.25) is 4.79 Å². The summed E-state index contributed by atoms with van der Waals surface area (Å²) in [4.78, 5) is 13.9. The molecule has 2 nitrogen and oxygen atoms in total. The van der Waals surface area contributed by atoms with E-state index in [-0.39, 0.29) is 5.91 Å². The number of carbonyl (C=O) groups is 1. The van der Waals surface area contributed by atoms with Gasteiger partial charge in [0.2, 0.25) is 0 Å². The van der Waals surface area contributed by atoms with Gasteiger partial charge in [0.25, 0.3) is 5.91 Å². The summed E-state index contributed by atoms with van der Waals surface area (Å²) in [7, 11) is 0. The van der Waals surface area contributed by atoms with Gasteiger partial charge in [0, 0.05) is 15.7 Å². The van der Waals surface area contributed by atoms with Crippen LogP contribution >= 0.6 is 34.7 Å². The van der Waals surface area contributed by atoms with Crippen LogP contribution in [0.1, 0.15) is 20.1 Å². The van der Waals surface area contributed by atoms with Crippen LogP contribution in [0.5, 0.6) is 0 Å². The molecule has 0 saturated heterocycles. The van der Waals surface area contributed by atoms with Gasteiger partial charge in [0.15, 0.2) is 0 Å². The minimum absolute atomic E-state index is 0.0498. The molecule has 1 N–H and O–H groups in total. The van der Waals surface area contributed by atoms with E-state index >= 15 is 0 Å². The number of amides is 1. The van der Waals surface area contributed by atoms with E-state index in [4.69, 9.17) is 11.6 Å². The topological polar surface area (TPSA) is 29.1 Å². The molecule has 0 fully saturated rings. The van der Waals surface area contributed by atoms with E-state index in [1.165, 1.54) is 10.4 Å². The zero-order chi connectivity index (χ0) is 11.5. The van der Waals surface area contributed by atoms with Crippen LogP contribution in [0.2, 0.25) is 0 Å². The Morgan fingerprint density at radius 3 is 3.12 bits per heavy atom. The molecule has 16 heavy (non-hydrogen) atoms. The van der Waals surface area contributed by atoms with Crippen molar-refractivity contribution in [2.75, 3.05) is 12.3 Å². The molecule has 0 saturated carbocycles. The van der Waals surface area contributed by atoms with Crippen molar-refractivity contribution in [3.63, 3.8) is 0 Å². The average molecular weight is 274 g/mol. The fraction of sp³-hybridized carbons (Fsp3) is 0.364. The molecule has 1 aliphatic heterocycles. The first-order chi connectivity index (χ1) is 7.66. The minimum atomic E-state index is -0.0498. The number of hydrogen-bond acceptors (Lipinski definition) is 3. The Bertz CT molecular complexity index is 404. The van der Waals surface area contributed by atoms with Gasteiger partial charge in [-0.25, -0.2) is 0 Å². The molecule has 1 aromatic heterocycles. The third-order valence-electron chi connectivity index (χ3n) is 2.29. The van der Waals surface area contributed by atoms with E-state index in [1.807, 2.05) is 17.8 Å². The zero-order valence-corrected chi connectivity index (χ0v) is 11.1. The van der Waals surface area contributed by atoms with Crippen LogP contribution in [0, 0.1) is 0 Å². The molecule has 0 atom stereocenters. The lowest BCUT2D eigenvalue weighted by Gasteiger charge is -2.08. The number of thiophene rings is 1. The van der Waals surface area contributed by atoms with Crippen molar-refractivity contribution >= 4 is 40.6 Å². The third kappa shape index (κ3) is 2.81. The largest absolute Gasteiger partial charge is 0.346 e. The van der Waals surface area contributed by atoms with E-state index in [0.29, 0.717) is 11.6 Å². The second-order valence-electron chi connectivity index (χ2n) is 3.56. The van der Waals surface area contributed by atoms with E-state index in [0.717, 1.165) is 22.8 Å². The quantitative estimate of drug-likeness (QED) is 0.917. The lowest BCUT2D eigenvalue weighted by atomic mass is 10.2. The SMILES string of the molecule is C=C(Cl)CNC(=O)c1cc2c(s1)CCSC2. The number of thioether (sulfide) groups is 1. The second kappa shape index (κ2) is 5.25. The Morgan fingerprint density at radius 2 is 2.44 bits per heavy atom. The smallest absolute Gasteiger partial charge is 0.261 e. The predicted molar refractivity (Wildman–Crippen MR) is 71.5 cm³/mol. The van der Waals surface area contributed by atoms with Crippen LogP contribution in [-0.4, -0.2) is 18.2 Å². The highest BCUT2D eigenvalue weighted by Crippen LogP contribution is 2.31. The van der Waals surface area contributed by atoms with E-state index in [9.17, 15) is 4.79 Å². The van der Waals surface area contributed by atoms with Gasteiger partial charge >= 0.3 is 0 Å². The summed E-state index contributed by atoms with van der Waals surface area (Å²) in [5.74, 6) is 2.14. The van der Waals surface area contributed by atoms with Crippen LogP contribution < -0.4 is 5.32 Å². The molecule has 5 heteroatoms. The predicted octanol–water partition coefficient (Wildman–Crippen LogP) is 3.02. The van der Waals surface area contributed by atoms with E-state index in [2.05, 4.69) is 11.9 Å². The fourth-order valence-corrected chi connectivity index (χ4v) is 3.88. The lowest BCUT2D eigenvalue weighted by Crippen LogP contribution is -2.23. The molecule has 1 aliphatic rings. The highest BCUT2D eigenvalue weighted by Gasteiger charge is 2.17. The third-order valence-corrected chi connectivity index (χ3v) is 4.67. The average Bonchev–Trinajstić information content (AvgIpc) is 2.69. The van der Waals surface area contributed by atoms with Gasteiger partial charge in [-0.05, 0) is 23.8 Å². The Labute approximate surface area is 108 Å². The van der Waals surface area contributed by atoms with Crippen molar-refractivity contribution in [2.45, 2.75) is 12.2 Å². The van der Waals surface area contributed by atoms with Crippen LogP contribution in [0.4, 0.5) is 0 Å². The summed E-state index contributed by atoms with van der Waals surface area (Å²) < 4.78 is 0. The normalized spacial score (nSPS) is 14.3. The number of halogens is 1. The summed E-state index contributed by atoms with van der Waals surface area (Å²) in [5, 5.41) is 3.19. The number of aryl methyl sites for hydroxylation is 1. The Kier molecular flexibility index (Phi) is 3.95. The Hall–Kier alpha value is -0.450. The molecule has 1 aromatic rings. The maximum atomic E-state index is 11.8. The number of hydrogen-bond donors (Lipinski definition) is 1. The first-order valence-electron chi connectivity index (χ1n) is 4.97. The van der Waals surface area contributed by atoms with E-state index in [1.54, 1.807) is 11.3 Å². The molecule has 0 bridgehead atoms. The molecular formula is C11H12ClNOS2. The van der Waals surface area contributed by atoms with E-state index < -0.39 is 0 Å².